The number of nitrogens with one attached hydrogen (secondary N) is 1. The third kappa shape index (κ3) is 3.01. The third-order valence-corrected chi connectivity index (χ3v) is 5.32. The van der Waals surface area contributed by atoms with Crippen molar-refractivity contribution in [3.8, 4) is 0 Å². The first kappa shape index (κ1) is 16.5. The van der Waals surface area contributed by atoms with Gasteiger partial charge in [-0.1, -0.05) is 42.5 Å². The standard InChI is InChI=1S/C19H18N4O2S/c1-3-17-21-22-19(26-17)20-18(24)15-10-16-14(8-9-25-16)23(15)11-13-7-5-4-6-12(13)2/h4-10H,3,11H2,1-2H3,(H,20,22,24). The van der Waals surface area contributed by atoms with Crippen molar-refractivity contribution in [1.29, 1.82) is 0 Å². The Hall–Kier alpha value is -2.93. The fourth-order valence-corrected chi connectivity index (χ4v) is 3.58. The molecule has 0 aliphatic rings. The number of furan rings is 1. The summed E-state index contributed by atoms with van der Waals surface area (Å²) in [6.45, 7) is 4.67. The molecule has 6 nitrogen and oxygen atoms in total. The van der Waals surface area contributed by atoms with Crippen LogP contribution < -0.4 is 5.32 Å². The van der Waals surface area contributed by atoms with E-state index in [2.05, 4.69) is 34.6 Å². The van der Waals surface area contributed by atoms with Crippen molar-refractivity contribution in [2.24, 2.45) is 0 Å². The number of nitrogens with zero attached hydrogens (tertiary/aromatic N) is 3. The molecule has 0 fully saturated rings. The maximum absolute atomic E-state index is 12.8. The van der Waals surface area contributed by atoms with Crippen molar-refractivity contribution in [3.63, 3.8) is 0 Å². The average molecular weight is 366 g/mol. The lowest BCUT2D eigenvalue weighted by Crippen LogP contribution is -2.17. The minimum Gasteiger partial charge on any atom is -0.463 e. The monoisotopic (exact) mass is 366 g/mol. The van der Waals surface area contributed by atoms with Gasteiger partial charge in [-0.2, -0.15) is 0 Å². The van der Waals surface area contributed by atoms with Gasteiger partial charge in [0.25, 0.3) is 5.91 Å². The molecular weight excluding hydrogens is 348 g/mol. The van der Waals surface area contributed by atoms with Crippen LogP contribution in [0.2, 0.25) is 0 Å². The Labute approximate surface area is 154 Å². The molecule has 0 bridgehead atoms. The van der Waals surface area contributed by atoms with Crippen molar-refractivity contribution in [3.05, 3.63) is 64.5 Å². The minimum atomic E-state index is -0.219. The molecule has 0 radical (unpaired) electrons. The van der Waals surface area contributed by atoms with E-state index >= 15 is 0 Å². The number of aryl methyl sites for hydroxylation is 2. The molecule has 4 aromatic rings. The number of fused-ring (bicyclic) bond motifs is 1. The van der Waals surface area contributed by atoms with Crippen LogP contribution in [-0.2, 0) is 13.0 Å². The second kappa shape index (κ2) is 6.76. The first-order valence-corrected chi connectivity index (χ1v) is 9.22. The maximum atomic E-state index is 12.8. The summed E-state index contributed by atoms with van der Waals surface area (Å²) >= 11 is 1.39. The Bertz CT molecular complexity index is 1080. The molecule has 0 aliphatic heterocycles. The molecule has 0 saturated carbocycles. The molecule has 3 aromatic heterocycles. The summed E-state index contributed by atoms with van der Waals surface area (Å²) in [7, 11) is 0. The van der Waals surface area contributed by atoms with E-state index in [0.29, 0.717) is 23.0 Å². The maximum Gasteiger partial charge on any atom is 0.274 e. The van der Waals surface area contributed by atoms with Gasteiger partial charge in [0.15, 0.2) is 5.58 Å². The summed E-state index contributed by atoms with van der Waals surface area (Å²) < 4.78 is 7.47. The number of benzene rings is 1. The number of rotatable bonds is 5. The zero-order chi connectivity index (χ0) is 18.1. The predicted octanol–water partition coefficient (Wildman–Crippen LogP) is 4.26. The molecule has 4 rings (SSSR count). The van der Waals surface area contributed by atoms with Crippen molar-refractivity contribution in [1.82, 2.24) is 14.8 Å². The summed E-state index contributed by atoms with van der Waals surface area (Å²) in [5, 5.41) is 12.3. The van der Waals surface area contributed by atoms with Crippen molar-refractivity contribution >= 4 is 33.5 Å². The van der Waals surface area contributed by atoms with Gasteiger partial charge < -0.3 is 8.98 Å². The smallest absolute Gasteiger partial charge is 0.274 e. The van der Waals surface area contributed by atoms with Gasteiger partial charge in [0.2, 0.25) is 5.13 Å². The second-order valence-electron chi connectivity index (χ2n) is 6.02. The number of anilines is 1. The van der Waals surface area contributed by atoms with Gasteiger partial charge in [-0.3, -0.25) is 10.1 Å². The van der Waals surface area contributed by atoms with Crippen LogP contribution in [0.5, 0.6) is 0 Å². The van der Waals surface area contributed by atoms with Gasteiger partial charge in [-0.05, 0) is 24.5 Å². The summed E-state index contributed by atoms with van der Waals surface area (Å²) in [4.78, 5) is 12.8. The fraction of sp³-hybridized carbons (Fsp3) is 0.211. The molecule has 26 heavy (non-hydrogen) atoms. The largest absolute Gasteiger partial charge is 0.463 e. The first-order chi connectivity index (χ1) is 12.7. The van der Waals surface area contributed by atoms with Gasteiger partial charge in [-0.25, -0.2) is 0 Å². The van der Waals surface area contributed by atoms with Crippen LogP contribution in [0.3, 0.4) is 0 Å². The van der Waals surface area contributed by atoms with Crippen LogP contribution >= 0.6 is 11.3 Å². The number of hydrogen-bond donors (Lipinski definition) is 1. The van der Waals surface area contributed by atoms with Crippen LogP contribution in [0, 0.1) is 6.92 Å². The van der Waals surface area contributed by atoms with Gasteiger partial charge in [0, 0.05) is 18.7 Å². The number of carbonyl (C=O) groups excluding carboxylic acids is 1. The summed E-state index contributed by atoms with van der Waals surface area (Å²) in [6.07, 6.45) is 2.43. The minimum absolute atomic E-state index is 0.219. The molecular formula is C19H18N4O2S. The summed E-state index contributed by atoms with van der Waals surface area (Å²) in [5.41, 5.74) is 4.46. The van der Waals surface area contributed by atoms with E-state index < -0.39 is 0 Å². The molecule has 0 saturated heterocycles. The van der Waals surface area contributed by atoms with E-state index in [-0.39, 0.29) is 5.91 Å². The van der Waals surface area contributed by atoms with Gasteiger partial charge in [0.05, 0.1) is 11.8 Å². The van der Waals surface area contributed by atoms with Crippen LogP contribution in [0.25, 0.3) is 11.1 Å². The van der Waals surface area contributed by atoms with Gasteiger partial charge in [-0.15, -0.1) is 10.2 Å². The highest BCUT2D eigenvalue weighted by Gasteiger charge is 2.19. The van der Waals surface area contributed by atoms with Crippen LogP contribution in [0.4, 0.5) is 5.13 Å². The quantitative estimate of drug-likeness (QED) is 0.573. The van der Waals surface area contributed by atoms with Crippen LogP contribution in [-0.4, -0.2) is 20.7 Å². The van der Waals surface area contributed by atoms with Crippen molar-refractivity contribution in [2.75, 3.05) is 5.32 Å². The van der Waals surface area contributed by atoms with E-state index in [9.17, 15) is 4.79 Å². The number of hydrogen-bond acceptors (Lipinski definition) is 5. The highest BCUT2D eigenvalue weighted by Crippen LogP contribution is 2.25. The molecule has 0 atom stereocenters. The Balaban J connectivity index is 1.69. The molecule has 1 aromatic carbocycles. The molecule has 3 heterocycles. The number of aromatic nitrogens is 3. The molecule has 0 aliphatic carbocycles. The third-order valence-electron chi connectivity index (χ3n) is 4.33. The lowest BCUT2D eigenvalue weighted by molar-refractivity contribution is 0.101. The Morgan fingerprint density at radius 3 is 2.88 bits per heavy atom. The average Bonchev–Trinajstić information content (AvgIpc) is 3.34. The van der Waals surface area contributed by atoms with E-state index in [0.717, 1.165) is 22.5 Å². The van der Waals surface area contributed by atoms with E-state index in [1.54, 1.807) is 12.3 Å². The molecule has 132 valence electrons. The molecule has 1 amide bonds. The summed E-state index contributed by atoms with van der Waals surface area (Å²) in [5.74, 6) is -0.219. The predicted molar refractivity (Wildman–Crippen MR) is 102 cm³/mol. The van der Waals surface area contributed by atoms with Gasteiger partial charge in [0.1, 0.15) is 10.7 Å². The number of amides is 1. The summed E-state index contributed by atoms with van der Waals surface area (Å²) in [6, 6.07) is 11.8. The zero-order valence-corrected chi connectivity index (χ0v) is 15.3. The van der Waals surface area contributed by atoms with E-state index in [1.165, 1.54) is 16.9 Å². The lowest BCUT2D eigenvalue weighted by atomic mass is 10.1. The fourth-order valence-electron chi connectivity index (χ4n) is 2.90. The second-order valence-corrected chi connectivity index (χ2v) is 7.08. The normalized spacial score (nSPS) is 11.2. The highest BCUT2D eigenvalue weighted by atomic mass is 32.1. The van der Waals surface area contributed by atoms with Crippen LogP contribution in [0.1, 0.15) is 33.5 Å². The highest BCUT2D eigenvalue weighted by molar-refractivity contribution is 7.15. The van der Waals surface area contributed by atoms with E-state index in [1.807, 2.05) is 29.7 Å². The van der Waals surface area contributed by atoms with Gasteiger partial charge >= 0.3 is 0 Å². The molecule has 1 N–H and O–H groups in total. The lowest BCUT2D eigenvalue weighted by Gasteiger charge is -2.11. The Kier molecular flexibility index (Phi) is 4.30. The Morgan fingerprint density at radius 1 is 1.27 bits per heavy atom. The number of carbonyl (C=O) groups is 1. The topological polar surface area (TPSA) is 73.0 Å². The van der Waals surface area contributed by atoms with Crippen LogP contribution in [0.15, 0.2) is 47.1 Å². The molecule has 0 spiro atoms. The van der Waals surface area contributed by atoms with Crippen molar-refractivity contribution < 1.29 is 9.21 Å². The molecule has 7 heteroatoms. The first-order valence-electron chi connectivity index (χ1n) is 8.40. The SMILES string of the molecule is CCc1nnc(NC(=O)c2cc3occc3n2Cc2ccccc2C)s1. The van der Waals surface area contributed by atoms with E-state index in [4.69, 9.17) is 4.42 Å². The Morgan fingerprint density at radius 2 is 2.12 bits per heavy atom. The molecule has 0 unspecified atom stereocenters. The van der Waals surface area contributed by atoms with Crippen molar-refractivity contribution in [2.45, 2.75) is 26.8 Å². The zero-order valence-electron chi connectivity index (χ0n) is 14.5.